The Kier molecular flexibility index (Phi) is 0.875. The van der Waals surface area contributed by atoms with Crippen LogP contribution in [0.2, 0.25) is 0 Å². The minimum Gasteiger partial charge on any atom is -0.475 e. The summed E-state index contributed by atoms with van der Waals surface area (Å²) in [6.07, 6.45) is 5.33. The van der Waals surface area contributed by atoms with Crippen molar-refractivity contribution < 1.29 is 4.74 Å². The lowest BCUT2D eigenvalue weighted by atomic mass is 9.76. The zero-order valence-corrected chi connectivity index (χ0v) is 5.63. The van der Waals surface area contributed by atoms with Crippen molar-refractivity contribution in [3.63, 3.8) is 0 Å². The van der Waals surface area contributed by atoms with E-state index in [1.165, 1.54) is 19.3 Å². The van der Waals surface area contributed by atoms with Gasteiger partial charge in [0.1, 0.15) is 5.60 Å². The molecule has 0 aromatic rings. The first-order valence-corrected chi connectivity index (χ1v) is 3.53. The van der Waals surface area contributed by atoms with E-state index in [9.17, 15) is 0 Å². The molecule has 1 heterocycles. The fourth-order valence-electron chi connectivity index (χ4n) is 1.52. The van der Waals surface area contributed by atoms with E-state index in [2.05, 4.69) is 11.9 Å². The van der Waals surface area contributed by atoms with Crippen LogP contribution in [-0.4, -0.2) is 18.0 Å². The molecule has 1 saturated carbocycles. The molecular weight excluding hydrogens is 114 g/mol. The van der Waals surface area contributed by atoms with Crippen molar-refractivity contribution in [3.05, 3.63) is 0 Å². The van der Waals surface area contributed by atoms with Gasteiger partial charge >= 0.3 is 0 Å². The minimum atomic E-state index is 0.153. The van der Waals surface area contributed by atoms with E-state index in [1.54, 1.807) is 6.40 Å². The normalized spacial score (nSPS) is 36.3. The molecule has 2 aliphatic rings. The molecule has 0 bridgehead atoms. The molecule has 1 aliphatic carbocycles. The summed E-state index contributed by atoms with van der Waals surface area (Å²) in [5, 5.41) is 0. The van der Waals surface area contributed by atoms with Crippen molar-refractivity contribution in [3.8, 4) is 0 Å². The van der Waals surface area contributed by atoms with Gasteiger partial charge in [-0.1, -0.05) is 0 Å². The van der Waals surface area contributed by atoms with Crippen molar-refractivity contribution in [2.24, 2.45) is 4.99 Å². The predicted molar refractivity (Wildman–Crippen MR) is 35.6 cm³/mol. The average Bonchev–Trinajstić information content (AvgIpc) is 2.07. The van der Waals surface area contributed by atoms with Gasteiger partial charge in [0.2, 0.25) is 0 Å². The summed E-state index contributed by atoms with van der Waals surface area (Å²) in [4.78, 5) is 4.16. The SMILES string of the molecule is C[C@@H]1N=COC12CCC2. The highest BCUT2D eigenvalue weighted by atomic mass is 16.5. The Bertz CT molecular complexity index is 149. The number of hydrogen-bond donors (Lipinski definition) is 0. The molecule has 2 rings (SSSR count). The van der Waals surface area contributed by atoms with Gasteiger partial charge in [-0.05, 0) is 26.2 Å². The van der Waals surface area contributed by atoms with E-state index < -0.39 is 0 Å². The van der Waals surface area contributed by atoms with Crippen molar-refractivity contribution in [2.45, 2.75) is 37.8 Å². The van der Waals surface area contributed by atoms with E-state index in [0.29, 0.717) is 6.04 Å². The number of ether oxygens (including phenoxy) is 1. The van der Waals surface area contributed by atoms with Gasteiger partial charge in [-0.3, -0.25) is 4.99 Å². The van der Waals surface area contributed by atoms with E-state index in [4.69, 9.17) is 4.74 Å². The lowest BCUT2D eigenvalue weighted by Crippen LogP contribution is -2.44. The van der Waals surface area contributed by atoms with Gasteiger partial charge in [-0.2, -0.15) is 0 Å². The highest BCUT2D eigenvalue weighted by molar-refractivity contribution is 5.51. The van der Waals surface area contributed by atoms with Crippen LogP contribution < -0.4 is 0 Å². The number of hydrogen-bond acceptors (Lipinski definition) is 2. The number of rotatable bonds is 0. The molecule has 50 valence electrons. The molecule has 2 nitrogen and oxygen atoms in total. The van der Waals surface area contributed by atoms with E-state index in [1.807, 2.05) is 0 Å². The first kappa shape index (κ1) is 5.27. The van der Waals surface area contributed by atoms with Crippen LogP contribution in [0.1, 0.15) is 26.2 Å². The van der Waals surface area contributed by atoms with Crippen LogP contribution in [0.4, 0.5) is 0 Å². The van der Waals surface area contributed by atoms with Gasteiger partial charge in [0.15, 0.2) is 6.40 Å². The fraction of sp³-hybridized carbons (Fsp3) is 0.857. The summed E-state index contributed by atoms with van der Waals surface area (Å²) in [6, 6.07) is 0.409. The largest absolute Gasteiger partial charge is 0.475 e. The van der Waals surface area contributed by atoms with Gasteiger partial charge in [-0.15, -0.1) is 0 Å². The third kappa shape index (κ3) is 0.533. The molecule has 0 aromatic heterocycles. The molecule has 1 aliphatic heterocycles. The van der Waals surface area contributed by atoms with Crippen molar-refractivity contribution in [1.29, 1.82) is 0 Å². The van der Waals surface area contributed by atoms with Gasteiger partial charge in [0.25, 0.3) is 0 Å². The van der Waals surface area contributed by atoms with E-state index in [-0.39, 0.29) is 5.60 Å². The number of aliphatic imine (C=N–C) groups is 1. The molecule has 9 heavy (non-hydrogen) atoms. The Labute approximate surface area is 54.9 Å². The zero-order chi connectivity index (χ0) is 6.32. The molecule has 0 radical (unpaired) electrons. The molecule has 1 atom stereocenters. The Morgan fingerprint density at radius 3 is 2.67 bits per heavy atom. The zero-order valence-electron chi connectivity index (χ0n) is 5.63. The molecule has 2 heteroatoms. The smallest absolute Gasteiger partial charge is 0.170 e. The summed E-state index contributed by atoms with van der Waals surface area (Å²) in [6.45, 7) is 2.13. The Balaban J connectivity index is 2.13. The molecule has 0 amide bonds. The molecule has 0 aromatic carbocycles. The fourth-order valence-corrected chi connectivity index (χ4v) is 1.52. The van der Waals surface area contributed by atoms with Crippen molar-refractivity contribution in [1.82, 2.24) is 0 Å². The summed E-state index contributed by atoms with van der Waals surface area (Å²) < 4.78 is 5.40. The highest BCUT2D eigenvalue weighted by Crippen LogP contribution is 2.41. The predicted octanol–water partition coefficient (Wildman–Crippen LogP) is 1.36. The second-order valence-electron chi connectivity index (χ2n) is 2.97. The Hall–Kier alpha value is -0.530. The minimum absolute atomic E-state index is 0.153. The second-order valence-corrected chi connectivity index (χ2v) is 2.97. The average molecular weight is 125 g/mol. The first-order valence-electron chi connectivity index (χ1n) is 3.53. The quantitative estimate of drug-likeness (QED) is 0.479. The van der Waals surface area contributed by atoms with E-state index >= 15 is 0 Å². The molecule has 0 N–H and O–H groups in total. The Morgan fingerprint density at radius 1 is 1.67 bits per heavy atom. The summed E-state index contributed by atoms with van der Waals surface area (Å²) in [7, 11) is 0. The maximum Gasteiger partial charge on any atom is 0.170 e. The standard InChI is InChI=1S/C7H11NO/c1-6-7(3-2-4-7)9-5-8-6/h5-6H,2-4H2,1H3/t6-/m0/s1. The molecule has 0 unspecified atom stereocenters. The highest BCUT2D eigenvalue weighted by Gasteiger charge is 2.46. The van der Waals surface area contributed by atoms with Crippen LogP contribution in [0.3, 0.4) is 0 Å². The third-order valence-electron chi connectivity index (χ3n) is 2.53. The first-order chi connectivity index (χ1) is 4.33. The van der Waals surface area contributed by atoms with Crippen LogP contribution >= 0.6 is 0 Å². The third-order valence-corrected chi connectivity index (χ3v) is 2.53. The molecule has 1 fully saturated rings. The lowest BCUT2D eigenvalue weighted by Gasteiger charge is -2.39. The van der Waals surface area contributed by atoms with Gasteiger partial charge < -0.3 is 4.74 Å². The molecule has 1 spiro atoms. The molecular formula is C7H11NO. The molecule has 0 saturated heterocycles. The van der Waals surface area contributed by atoms with Crippen LogP contribution in [-0.2, 0) is 4.74 Å². The summed E-state index contributed by atoms with van der Waals surface area (Å²) >= 11 is 0. The van der Waals surface area contributed by atoms with Gasteiger partial charge in [0, 0.05) is 0 Å². The summed E-state index contributed by atoms with van der Waals surface area (Å²) in [5.74, 6) is 0. The number of nitrogens with zero attached hydrogens (tertiary/aromatic N) is 1. The van der Waals surface area contributed by atoms with Crippen molar-refractivity contribution >= 4 is 6.40 Å². The second kappa shape index (κ2) is 1.49. The van der Waals surface area contributed by atoms with Gasteiger partial charge in [-0.25, -0.2) is 0 Å². The van der Waals surface area contributed by atoms with Crippen LogP contribution in [0, 0.1) is 0 Å². The Morgan fingerprint density at radius 2 is 2.44 bits per heavy atom. The van der Waals surface area contributed by atoms with Crippen LogP contribution in [0.25, 0.3) is 0 Å². The van der Waals surface area contributed by atoms with Crippen LogP contribution in [0.5, 0.6) is 0 Å². The topological polar surface area (TPSA) is 21.6 Å². The maximum atomic E-state index is 5.40. The maximum absolute atomic E-state index is 5.40. The van der Waals surface area contributed by atoms with Crippen LogP contribution in [0.15, 0.2) is 4.99 Å². The monoisotopic (exact) mass is 125 g/mol. The lowest BCUT2D eigenvalue weighted by molar-refractivity contribution is -0.0103. The summed E-state index contributed by atoms with van der Waals surface area (Å²) in [5.41, 5.74) is 0.153. The van der Waals surface area contributed by atoms with Crippen molar-refractivity contribution in [2.75, 3.05) is 0 Å². The van der Waals surface area contributed by atoms with Gasteiger partial charge in [0.05, 0.1) is 6.04 Å². The van der Waals surface area contributed by atoms with E-state index in [0.717, 1.165) is 0 Å².